The first kappa shape index (κ1) is 18.0. The Balaban J connectivity index is 1.70. The molecule has 0 aliphatic rings. The Labute approximate surface area is 165 Å². The van der Waals surface area contributed by atoms with Gasteiger partial charge in [-0.05, 0) is 37.3 Å². The molecule has 0 aliphatic carbocycles. The predicted molar refractivity (Wildman–Crippen MR) is 103 cm³/mol. The van der Waals surface area contributed by atoms with Crippen LogP contribution in [0.1, 0.15) is 5.69 Å². The average Bonchev–Trinajstić information content (AvgIpc) is 3.34. The van der Waals surface area contributed by atoms with Gasteiger partial charge in [0, 0.05) is 5.56 Å². The van der Waals surface area contributed by atoms with Crippen molar-refractivity contribution in [3.05, 3.63) is 53.2 Å². The lowest BCUT2D eigenvalue weighted by Crippen LogP contribution is -1.99. The Morgan fingerprint density at radius 2 is 1.82 bits per heavy atom. The van der Waals surface area contributed by atoms with Gasteiger partial charge in [0.1, 0.15) is 0 Å². The highest BCUT2D eigenvalue weighted by Gasteiger charge is 2.20. The van der Waals surface area contributed by atoms with E-state index in [-0.39, 0.29) is 5.89 Å². The highest BCUT2D eigenvalue weighted by molar-refractivity contribution is 6.32. The zero-order valence-electron chi connectivity index (χ0n) is 15.4. The number of ether oxygens (including phenoxy) is 2. The molecule has 9 heteroatoms. The summed E-state index contributed by atoms with van der Waals surface area (Å²) in [4.78, 5) is 4.45. The third-order valence-electron chi connectivity index (χ3n) is 4.25. The molecule has 0 unspecified atom stereocenters. The van der Waals surface area contributed by atoms with Crippen LogP contribution in [0.15, 0.2) is 47.0 Å². The van der Waals surface area contributed by atoms with Crippen molar-refractivity contribution in [2.24, 2.45) is 0 Å². The fourth-order valence-corrected chi connectivity index (χ4v) is 3.01. The first-order valence-corrected chi connectivity index (χ1v) is 8.74. The molecule has 0 saturated carbocycles. The van der Waals surface area contributed by atoms with Gasteiger partial charge < -0.3 is 14.0 Å². The van der Waals surface area contributed by atoms with Gasteiger partial charge in [-0.1, -0.05) is 34.1 Å². The van der Waals surface area contributed by atoms with Crippen LogP contribution < -0.4 is 9.47 Å². The number of benzene rings is 2. The lowest BCUT2D eigenvalue weighted by atomic mass is 10.2. The Bertz CT molecular complexity index is 1140. The lowest BCUT2D eigenvalue weighted by Gasteiger charge is -2.07. The van der Waals surface area contributed by atoms with Crippen LogP contribution in [-0.2, 0) is 0 Å². The van der Waals surface area contributed by atoms with Gasteiger partial charge in [0.2, 0.25) is 5.82 Å². The summed E-state index contributed by atoms with van der Waals surface area (Å²) in [6.07, 6.45) is 0. The van der Waals surface area contributed by atoms with E-state index in [2.05, 4.69) is 20.5 Å². The maximum absolute atomic E-state index is 6.26. The van der Waals surface area contributed by atoms with Crippen LogP contribution in [0.2, 0.25) is 5.02 Å². The van der Waals surface area contributed by atoms with Gasteiger partial charge in [0.15, 0.2) is 17.2 Å². The van der Waals surface area contributed by atoms with Crippen LogP contribution in [0.25, 0.3) is 28.7 Å². The van der Waals surface area contributed by atoms with E-state index in [1.807, 2.05) is 31.2 Å². The van der Waals surface area contributed by atoms with Gasteiger partial charge in [-0.3, -0.25) is 0 Å². The summed E-state index contributed by atoms with van der Waals surface area (Å²) in [6.45, 7) is 1.86. The van der Waals surface area contributed by atoms with Crippen LogP contribution in [0.3, 0.4) is 0 Å². The Hall–Kier alpha value is -3.39. The molecule has 0 atom stereocenters. The standard InChI is InChI=1S/C19H16ClN5O3/c1-11-17(22-24-25(11)14-7-5-4-6-13(14)20)19-21-18(23-28-19)12-8-9-15(26-2)16(10-12)27-3/h4-10H,1-3H3. The van der Waals surface area contributed by atoms with Crippen LogP contribution in [0.4, 0.5) is 0 Å². The number of halogens is 1. The molecule has 8 nitrogen and oxygen atoms in total. The van der Waals surface area contributed by atoms with Gasteiger partial charge in [-0.25, -0.2) is 4.68 Å². The van der Waals surface area contributed by atoms with Crippen molar-refractivity contribution in [3.63, 3.8) is 0 Å². The molecule has 0 saturated heterocycles. The van der Waals surface area contributed by atoms with E-state index in [4.69, 9.17) is 25.6 Å². The monoisotopic (exact) mass is 397 g/mol. The van der Waals surface area contributed by atoms with Gasteiger partial charge in [-0.2, -0.15) is 4.98 Å². The fraction of sp³-hybridized carbons (Fsp3) is 0.158. The van der Waals surface area contributed by atoms with Crippen molar-refractivity contribution < 1.29 is 14.0 Å². The molecule has 2 heterocycles. The highest BCUT2D eigenvalue weighted by atomic mass is 35.5. The smallest absolute Gasteiger partial charge is 0.280 e. The third kappa shape index (κ3) is 3.07. The lowest BCUT2D eigenvalue weighted by molar-refractivity contribution is 0.355. The second kappa shape index (κ2) is 7.32. The van der Waals surface area contributed by atoms with Crippen LogP contribution >= 0.6 is 11.6 Å². The summed E-state index contributed by atoms with van der Waals surface area (Å²) < 4.78 is 17.6. The average molecular weight is 398 g/mol. The van der Waals surface area contributed by atoms with Gasteiger partial charge in [-0.15, -0.1) is 5.10 Å². The highest BCUT2D eigenvalue weighted by Crippen LogP contribution is 2.32. The van der Waals surface area contributed by atoms with E-state index >= 15 is 0 Å². The van der Waals surface area contributed by atoms with Gasteiger partial charge in [0.25, 0.3) is 5.89 Å². The molecule has 4 aromatic rings. The Kier molecular flexibility index (Phi) is 4.70. The molecule has 0 N–H and O–H groups in total. The number of para-hydroxylation sites is 1. The van der Waals surface area contributed by atoms with Gasteiger partial charge >= 0.3 is 0 Å². The number of hydrogen-bond donors (Lipinski definition) is 0. The molecular formula is C19H16ClN5O3. The van der Waals surface area contributed by atoms with E-state index in [0.29, 0.717) is 28.0 Å². The van der Waals surface area contributed by atoms with E-state index in [1.165, 1.54) is 0 Å². The molecule has 2 aromatic carbocycles. The van der Waals surface area contributed by atoms with Crippen molar-refractivity contribution in [2.45, 2.75) is 6.92 Å². The van der Waals surface area contributed by atoms with Crippen molar-refractivity contribution >= 4 is 11.6 Å². The van der Waals surface area contributed by atoms with Crippen LogP contribution in [0, 0.1) is 6.92 Å². The molecule has 0 aliphatic heterocycles. The largest absolute Gasteiger partial charge is 0.493 e. The minimum atomic E-state index is 0.264. The maximum Gasteiger partial charge on any atom is 0.280 e. The molecule has 0 amide bonds. The zero-order chi connectivity index (χ0) is 19.7. The number of nitrogens with zero attached hydrogens (tertiary/aromatic N) is 5. The maximum atomic E-state index is 6.26. The summed E-state index contributed by atoms with van der Waals surface area (Å²) in [5, 5.41) is 13.0. The van der Waals surface area contributed by atoms with Crippen molar-refractivity contribution in [3.8, 4) is 40.2 Å². The quantitative estimate of drug-likeness (QED) is 0.503. The third-order valence-corrected chi connectivity index (χ3v) is 4.57. The topological polar surface area (TPSA) is 88.1 Å². The van der Waals surface area contributed by atoms with Crippen molar-refractivity contribution in [1.82, 2.24) is 25.1 Å². The summed E-state index contributed by atoms with van der Waals surface area (Å²) in [5.41, 5.74) is 2.67. The fourth-order valence-electron chi connectivity index (χ4n) is 2.79. The number of rotatable bonds is 5. The molecule has 0 spiro atoms. The summed E-state index contributed by atoms with van der Waals surface area (Å²) >= 11 is 6.26. The van der Waals surface area contributed by atoms with E-state index in [0.717, 1.165) is 16.9 Å². The first-order chi connectivity index (χ1) is 13.6. The molecule has 0 fully saturated rings. The van der Waals surface area contributed by atoms with Crippen molar-refractivity contribution in [1.29, 1.82) is 0 Å². The predicted octanol–water partition coefficient (Wildman–Crippen LogP) is 3.96. The van der Waals surface area contributed by atoms with Crippen LogP contribution in [-0.4, -0.2) is 39.4 Å². The molecule has 28 heavy (non-hydrogen) atoms. The summed E-state index contributed by atoms with van der Waals surface area (Å²) in [5.74, 6) is 1.86. The van der Waals surface area contributed by atoms with Gasteiger partial charge in [0.05, 0.1) is 30.6 Å². The van der Waals surface area contributed by atoms with E-state index in [1.54, 1.807) is 37.1 Å². The Morgan fingerprint density at radius 1 is 1.04 bits per heavy atom. The molecule has 2 aromatic heterocycles. The minimum Gasteiger partial charge on any atom is -0.493 e. The minimum absolute atomic E-state index is 0.264. The SMILES string of the molecule is COc1ccc(-c2noc(-c3nnn(-c4ccccc4Cl)c3C)n2)cc1OC. The number of hydrogen-bond acceptors (Lipinski definition) is 7. The first-order valence-electron chi connectivity index (χ1n) is 8.36. The second-order valence-electron chi connectivity index (χ2n) is 5.88. The molecule has 0 radical (unpaired) electrons. The number of aromatic nitrogens is 5. The van der Waals surface area contributed by atoms with E-state index in [9.17, 15) is 0 Å². The number of methoxy groups -OCH3 is 2. The second-order valence-corrected chi connectivity index (χ2v) is 6.29. The summed E-state index contributed by atoms with van der Waals surface area (Å²) in [6, 6.07) is 12.8. The molecule has 142 valence electrons. The van der Waals surface area contributed by atoms with E-state index < -0.39 is 0 Å². The van der Waals surface area contributed by atoms with Crippen LogP contribution in [0.5, 0.6) is 11.5 Å². The van der Waals surface area contributed by atoms with Crippen molar-refractivity contribution in [2.75, 3.05) is 14.2 Å². The molecule has 4 rings (SSSR count). The molecular weight excluding hydrogens is 382 g/mol. The summed E-state index contributed by atoms with van der Waals surface area (Å²) in [7, 11) is 3.15. The normalized spacial score (nSPS) is 10.9. The Morgan fingerprint density at radius 3 is 2.57 bits per heavy atom. The molecule has 0 bridgehead atoms. The zero-order valence-corrected chi connectivity index (χ0v) is 16.1.